The van der Waals surface area contributed by atoms with Gasteiger partial charge in [-0.3, -0.25) is 9.59 Å². The Kier molecular flexibility index (Phi) is 3.08. The zero-order valence-electron chi connectivity index (χ0n) is 11.6. The van der Waals surface area contributed by atoms with E-state index in [4.69, 9.17) is 0 Å². The average Bonchev–Trinajstić information content (AvgIpc) is 2.98. The number of piperidine rings is 3. The fourth-order valence-electron chi connectivity index (χ4n) is 3.48. The lowest BCUT2D eigenvalue weighted by molar-refractivity contribution is 0.0620. The maximum atomic E-state index is 12.4. The van der Waals surface area contributed by atoms with Crippen LogP contribution in [0.2, 0.25) is 0 Å². The van der Waals surface area contributed by atoms with E-state index >= 15 is 0 Å². The third-order valence-corrected chi connectivity index (χ3v) is 5.62. The van der Waals surface area contributed by atoms with E-state index in [9.17, 15) is 9.59 Å². The molecule has 5 rings (SSSR count). The molecule has 1 unspecified atom stereocenters. The van der Waals surface area contributed by atoms with Crippen LogP contribution in [0.15, 0.2) is 22.4 Å². The zero-order chi connectivity index (χ0) is 14.4. The van der Waals surface area contributed by atoms with Gasteiger partial charge in [0.05, 0.1) is 10.2 Å². The van der Waals surface area contributed by atoms with Gasteiger partial charge in [0.2, 0.25) is 5.43 Å². The molecule has 0 aromatic carbocycles. The van der Waals surface area contributed by atoms with Crippen LogP contribution < -0.4 is 10.7 Å². The third-order valence-electron chi connectivity index (χ3n) is 4.71. The molecule has 0 radical (unpaired) electrons. The molecule has 0 saturated carbocycles. The Morgan fingerprint density at radius 3 is 2.90 bits per heavy atom. The largest absolute Gasteiger partial charge is 0.359 e. The Hall–Kier alpha value is -1.66. The number of hydrogen-bond acceptors (Lipinski definition) is 4. The smallest absolute Gasteiger partial charge is 0.257 e. The normalized spacial score (nSPS) is 27.9. The Bertz CT molecular complexity index is 743. The molecule has 2 N–H and O–H groups in total. The number of thiophene rings is 1. The molecule has 110 valence electrons. The van der Waals surface area contributed by atoms with Gasteiger partial charge >= 0.3 is 0 Å². The van der Waals surface area contributed by atoms with E-state index in [2.05, 4.69) is 15.2 Å². The highest BCUT2D eigenvalue weighted by molar-refractivity contribution is 7.17. The van der Waals surface area contributed by atoms with Gasteiger partial charge in [0.1, 0.15) is 5.56 Å². The van der Waals surface area contributed by atoms with Crippen LogP contribution in [0.25, 0.3) is 10.2 Å². The van der Waals surface area contributed by atoms with Gasteiger partial charge < -0.3 is 15.2 Å². The van der Waals surface area contributed by atoms with Crippen molar-refractivity contribution in [3.8, 4) is 0 Å². The minimum Gasteiger partial charge on any atom is -0.359 e. The van der Waals surface area contributed by atoms with Crippen molar-refractivity contribution in [3.05, 3.63) is 33.4 Å². The fourth-order valence-corrected chi connectivity index (χ4v) is 4.29. The molecule has 5 heterocycles. The molecule has 1 amide bonds. The highest BCUT2D eigenvalue weighted by atomic mass is 32.1. The average molecular weight is 303 g/mol. The summed E-state index contributed by atoms with van der Waals surface area (Å²) < 4.78 is 0.622. The van der Waals surface area contributed by atoms with Crippen molar-refractivity contribution >= 4 is 27.5 Å². The second-order valence-electron chi connectivity index (χ2n) is 5.91. The molecule has 2 aromatic heterocycles. The van der Waals surface area contributed by atoms with E-state index in [1.54, 1.807) is 0 Å². The van der Waals surface area contributed by atoms with Crippen molar-refractivity contribution in [3.63, 3.8) is 0 Å². The van der Waals surface area contributed by atoms with Crippen LogP contribution >= 0.6 is 11.3 Å². The number of carbonyl (C=O) groups excluding carboxylic acids is 1. The maximum Gasteiger partial charge on any atom is 0.257 e. The summed E-state index contributed by atoms with van der Waals surface area (Å²) in [5.74, 6) is 0.314. The van der Waals surface area contributed by atoms with Crippen LogP contribution in [-0.2, 0) is 0 Å². The van der Waals surface area contributed by atoms with E-state index in [1.165, 1.54) is 17.5 Å². The van der Waals surface area contributed by atoms with Gasteiger partial charge in [-0.2, -0.15) is 0 Å². The molecule has 3 aliphatic heterocycles. The number of H-pyrrole nitrogens is 1. The highest BCUT2D eigenvalue weighted by Gasteiger charge is 2.35. The predicted octanol–water partition coefficient (Wildman–Crippen LogP) is 1.41. The molecule has 3 fully saturated rings. The molecule has 21 heavy (non-hydrogen) atoms. The molecule has 5 nitrogen and oxygen atoms in total. The predicted molar refractivity (Wildman–Crippen MR) is 82.9 cm³/mol. The lowest BCUT2D eigenvalue weighted by Crippen LogP contribution is -2.57. The monoisotopic (exact) mass is 303 g/mol. The summed E-state index contributed by atoms with van der Waals surface area (Å²) in [6, 6.07) is 2.04. The SMILES string of the molecule is O=C(NC1CN2CCC1CC2)c1c[nH]c2ccsc2c1=O. The van der Waals surface area contributed by atoms with E-state index in [0.717, 1.165) is 38.0 Å². The first kappa shape index (κ1) is 13.0. The molecule has 2 aromatic rings. The molecule has 2 bridgehead atoms. The number of aromatic amines is 1. The lowest BCUT2D eigenvalue weighted by atomic mass is 9.84. The van der Waals surface area contributed by atoms with E-state index in [-0.39, 0.29) is 22.9 Å². The number of aromatic nitrogens is 1. The van der Waals surface area contributed by atoms with E-state index in [1.807, 2.05) is 11.4 Å². The second kappa shape index (κ2) is 4.96. The summed E-state index contributed by atoms with van der Waals surface area (Å²) in [6.45, 7) is 3.19. The Morgan fingerprint density at radius 2 is 2.19 bits per heavy atom. The van der Waals surface area contributed by atoms with Crippen LogP contribution in [0.3, 0.4) is 0 Å². The summed E-state index contributed by atoms with van der Waals surface area (Å²) in [5.41, 5.74) is 0.850. The van der Waals surface area contributed by atoms with Gasteiger partial charge in [-0.05, 0) is 43.3 Å². The van der Waals surface area contributed by atoms with Crippen LogP contribution in [0.1, 0.15) is 23.2 Å². The van der Waals surface area contributed by atoms with Crippen LogP contribution in [0.5, 0.6) is 0 Å². The number of amides is 1. The van der Waals surface area contributed by atoms with Crippen molar-refractivity contribution < 1.29 is 4.79 Å². The van der Waals surface area contributed by atoms with E-state index in [0.29, 0.717) is 10.6 Å². The van der Waals surface area contributed by atoms with Crippen molar-refractivity contribution in [2.75, 3.05) is 19.6 Å². The molecule has 0 spiro atoms. The number of nitrogens with one attached hydrogen (secondary N) is 2. The van der Waals surface area contributed by atoms with Gasteiger partial charge in [-0.25, -0.2) is 0 Å². The van der Waals surface area contributed by atoms with Gasteiger partial charge in [0.25, 0.3) is 5.91 Å². The van der Waals surface area contributed by atoms with E-state index < -0.39 is 0 Å². The zero-order valence-corrected chi connectivity index (χ0v) is 12.4. The van der Waals surface area contributed by atoms with Crippen molar-refractivity contribution in [1.82, 2.24) is 15.2 Å². The number of fused-ring (bicyclic) bond motifs is 4. The maximum absolute atomic E-state index is 12.4. The van der Waals surface area contributed by atoms with Crippen LogP contribution in [-0.4, -0.2) is 41.5 Å². The third kappa shape index (κ3) is 2.18. The fraction of sp³-hybridized carbons (Fsp3) is 0.467. The molecule has 0 aliphatic carbocycles. The minimum atomic E-state index is -0.245. The van der Waals surface area contributed by atoms with Crippen molar-refractivity contribution in [2.24, 2.45) is 5.92 Å². The number of carbonyl (C=O) groups is 1. The summed E-state index contributed by atoms with van der Waals surface area (Å²) >= 11 is 1.37. The first-order valence-corrected chi connectivity index (χ1v) is 8.22. The number of pyridine rings is 1. The molecule has 6 heteroatoms. The minimum absolute atomic E-state index is 0.169. The number of rotatable bonds is 2. The molecule has 1 atom stereocenters. The summed E-state index contributed by atoms with van der Waals surface area (Å²) in [5, 5.41) is 4.93. The number of nitrogens with zero attached hydrogens (tertiary/aromatic N) is 1. The standard InChI is InChI=1S/C15H17N3O2S/c19-13-10(7-16-11-3-6-21-14(11)13)15(20)17-12-8-18-4-1-9(12)2-5-18/h3,6-7,9,12H,1-2,4-5,8H2,(H,16,19)(H,17,20). The molecular formula is C15H17N3O2S. The Balaban J connectivity index is 1.59. The van der Waals surface area contributed by atoms with Gasteiger partial charge in [-0.1, -0.05) is 0 Å². The van der Waals surface area contributed by atoms with Gasteiger partial charge in [0, 0.05) is 18.8 Å². The van der Waals surface area contributed by atoms with Crippen molar-refractivity contribution in [1.29, 1.82) is 0 Å². The molecule has 3 saturated heterocycles. The molecular weight excluding hydrogens is 286 g/mol. The van der Waals surface area contributed by atoms with Crippen molar-refractivity contribution in [2.45, 2.75) is 18.9 Å². The topological polar surface area (TPSA) is 65.2 Å². The quantitative estimate of drug-likeness (QED) is 0.882. The van der Waals surface area contributed by atoms with Crippen LogP contribution in [0.4, 0.5) is 0 Å². The summed E-state index contributed by atoms with van der Waals surface area (Å²) in [7, 11) is 0. The first-order chi connectivity index (χ1) is 10.2. The molecule has 3 aliphatic rings. The van der Waals surface area contributed by atoms with Gasteiger partial charge in [-0.15, -0.1) is 11.3 Å². The lowest BCUT2D eigenvalue weighted by Gasteiger charge is -2.44. The van der Waals surface area contributed by atoms with Gasteiger partial charge in [0.15, 0.2) is 0 Å². The van der Waals surface area contributed by atoms with Crippen LogP contribution in [0, 0.1) is 5.92 Å². The summed E-state index contributed by atoms with van der Waals surface area (Å²) in [4.78, 5) is 30.2. The first-order valence-electron chi connectivity index (χ1n) is 7.34. The number of hydrogen-bond donors (Lipinski definition) is 2. The summed E-state index contributed by atoms with van der Waals surface area (Å²) in [6.07, 6.45) is 3.82. The second-order valence-corrected chi connectivity index (χ2v) is 6.83. The Labute approximate surface area is 126 Å². The Morgan fingerprint density at radius 1 is 1.38 bits per heavy atom. The highest BCUT2D eigenvalue weighted by Crippen LogP contribution is 2.27.